The van der Waals surface area contributed by atoms with Gasteiger partial charge < -0.3 is 14.8 Å². The number of benzene rings is 1. The fraction of sp³-hybridized carbons (Fsp3) is 0.611. The summed E-state index contributed by atoms with van der Waals surface area (Å²) in [5, 5.41) is 23.5. The molecule has 25 heavy (non-hydrogen) atoms. The van der Waals surface area contributed by atoms with Crippen LogP contribution >= 0.6 is 0 Å². The van der Waals surface area contributed by atoms with Gasteiger partial charge in [0.05, 0.1) is 29.8 Å². The van der Waals surface area contributed by atoms with E-state index in [9.17, 15) is 10.1 Å². The highest BCUT2D eigenvalue weighted by Gasteiger charge is 2.48. The van der Waals surface area contributed by atoms with Crippen molar-refractivity contribution in [3.63, 3.8) is 0 Å². The maximum atomic E-state index is 11.2. The van der Waals surface area contributed by atoms with E-state index in [1.165, 1.54) is 18.2 Å². The summed E-state index contributed by atoms with van der Waals surface area (Å²) < 4.78 is 11.7. The van der Waals surface area contributed by atoms with E-state index in [1.807, 2.05) is 6.07 Å². The Kier molecular flexibility index (Phi) is 4.67. The number of anilines is 1. The molecule has 1 aromatic rings. The van der Waals surface area contributed by atoms with Crippen LogP contribution in [-0.4, -0.2) is 30.5 Å². The van der Waals surface area contributed by atoms with Gasteiger partial charge in [0, 0.05) is 25.5 Å². The molecule has 3 rings (SSSR count). The van der Waals surface area contributed by atoms with Crippen molar-refractivity contribution in [3.8, 4) is 6.07 Å². The Labute approximate surface area is 147 Å². The molecule has 1 heterocycles. The predicted octanol–water partition coefficient (Wildman–Crippen LogP) is 3.45. The number of rotatable bonds is 4. The molecule has 0 radical (unpaired) electrons. The van der Waals surface area contributed by atoms with Gasteiger partial charge in [-0.25, -0.2) is 0 Å². The molecule has 1 saturated heterocycles. The third-order valence-corrected chi connectivity index (χ3v) is 5.49. The van der Waals surface area contributed by atoms with Crippen LogP contribution in [-0.2, 0) is 9.47 Å². The van der Waals surface area contributed by atoms with Gasteiger partial charge in [-0.15, -0.1) is 0 Å². The van der Waals surface area contributed by atoms with Crippen LogP contribution in [0.3, 0.4) is 0 Å². The fourth-order valence-electron chi connectivity index (χ4n) is 3.72. The van der Waals surface area contributed by atoms with E-state index in [1.54, 1.807) is 0 Å². The van der Waals surface area contributed by atoms with Crippen LogP contribution in [0, 0.1) is 32.8 Å². The summed E-state index contributed by atoms with van der Waals surface area (Å²) in [5.41, 5.74) is 0.841. The average molecular weight is 345 g/mol. The molecule has 7 heteroatoms. The van der Waals surface area contributed by atoms with E-state index in [2.05, 4.69) is 19.2 Å². The monoisotopic (exact) mass is 345 g/mol. The number of nitrogens with one attached hydrogen (secondary N) is 1. The summed E-state index contributed by atoms with van der Waals surface area (Å²) in [5.74, 6) is -0.257. The third-order valence-electron chi connectivity index (χ3n) is 5.49. The van der Waals surface area contributed by atoms with E-state index in [0.29, 0.717) is 31.0 Å². The zero-order chi connectivity index (χ0) is 18.1. The van der Waals surface area contributed by atoms with Crippen LogP contribution in [0.2, 0.25) is 0 Å². The Bertz CT molecular complexity index is 705. The number of nitro groups is 1. The lowest BCUT2D eigenvalue weighted by Crippen LogP contribution is -2.46. The Hall–Kier alpha value is -2.17. The highest BCUT2D eigenvalue weighted by Crippen LogP contribution is 2.48. The number of nitrogens with zero attached hydrogens (tertiary/aromatic N) is 2. The molecule has 7 nitrogen and oxygen atoms in total. The van der Waals surface area contributed by atoms with Crippen molar-refractivity contribution >= 4 is 11.4 Å². The van der Waals surface area contributed by atoms with Gasteiger partial charge in [-0.3, -0.25) is 10.1 Å². The average Bonchev–Trinajstić information content (AvgIpc) is 3.04. The zero-order valence-corrected chi connectivity index (χ0v) is 14.6. The Morgan fingerprint density at radius 3 is 2.72 bits per heavy atom. The van der Waals surface area contributed by atoms with Crippen molar-refractivity contribution in [1.29, 1.82) is 5.26 Å². The second-order valence-electron chi connectivity index (χ2n) is 7.48. The molecule has 1 N–H and O–H groups in total. The maximum absolute atomic E-state index is 11.2. The topological polar surface area (TPSA) is 97.4 Å². The molecule has 2 aliphatic rings. The van der Waals surface area contributed by atoms with Crippen LogP contribution < -0.4 is 5.32 Å². The largest absolute Gasteiger partial charge is 0.379 e. The minimum Gasteiger partial charge on any atom is -0.379 e. The van der Waals surface area contributed by atoms with Gasteiger partial charge in [0.25, 0.3) is 5.69 Å². The SMILES string of the molecule is CC1(C)CCC2(CC1CNc1cc(C#N)ccc1[N+](=O)[O-])OCCO2. The summed E-state index contributed by atoms with van der Waals surface area (Å²) >= 11 is 0. The summed E-state index contributed by atoms with van der Waals surface area (Å²) in [6, 6.07) is 6.39. The van der Waals surface area contributed by atoms with Crippen molar-refractivity contribution in [3.05, 3.63) is 33.9 Å². The van der Waals surface area contributed by atoms with Crippen LogP contribution in [0.4, 0.5) is 11.4 Å². The van der Waals surface area contributed by atoms with E-state index in [-0.39, 0.29) is 17.0 Å². The number of nitro benzene ring substituents is 1. The Balaban J connectivity index is 1.77. The van der Waals surface area contributed by atoms with E-state index in [0.717, 1.165) is 19.3 Å². The van der Waals surface area contributed by atoms with Crippen LogP contribution in [0.15, 0.2) is 18.2 Å². The normalized spacial score (nSPS) is 24.0. The number of nitriles is 1. The van der Waals surface area contributed by atoms with Crippen molar-refractivity contribution in [2.24, 2.45) is 11.3 Å². The highest BCUT2D eigenvalue weighted by molar-refractivity contribution is 5.64. The quantitative estimate of drug-likeness (QED) is 0.663. The smallest absolute Gasteiger partial charge is 0.292 e. The zero-order valence-electron chi connectivity index (χ0n) is 14.6. The lowest BCUT2D eigenvalue weighted by Gasteiger charge is -2.46. The molecule has 0 amide bonds. The summed E-state index contributed by atoms with van der Waals surface area (Å²) in [4.78, 5) is 10.8. The van der Waals surface area contributed by atoms with E-state index < -0.39 is 10.7 Å². The van der Waals surface area contributed by atoms with Crippen molar-refractivity contribution in [2.45, 2.75) is 38.9 Å². The van der Waals surface area contributed by atoms with Crippen molar-refractivity contribution in [1.82, 2.24) is 0 Å². The van der Waals surface area contributed by atoms with E-state index >= 15 is 0 Å². The molecule has 0 aromatic heterocycles. The Morgan fingerprint density at radius 2 is 2.08 bits per heavy atom. The first-order valence-corrected chi connectivity index (χ1v) is 8.56. The van der Waals surface area contributed by atoms with Crippen molar-refractivity contribution < 1.29 is 14.4 Å². The molecule has 1 aliphatic heterocycles. The van der Waals surface area contributed by atoms with Crippen LogP contribution in [0.1, 0.15) is 38.7 Å². The van der Waals surface area contributed by atoms with Gasteiger partial charge in [0.1, 0.15) is 5.69 Å². The molecule has 1 spiro atoms. The molecular weight excluding hydrogens is 322 g/mol. The fourth-order valence-corrected chi connectivity index (χ4v) is 3.72. The van der Waals surface area contributed by atoms with Gasteiger partial charge in [0.15, 0.2) is 5.79 Å². The molecule has 1 saturated carbocycles. The predicted molar refractivity (Wildman–Crippen MR) is 92.1 cm³/mol. The highest BCUT2D eigenvalue weighted by atomic mass is 16.7. The lowest BCUT2D eigenvalue weighted by atomic mass is 9.66. The standard InChI is InChI=1S/C18H23N3O4/c1-17(2)5-6-18(24-7-8-25-18)10-14(17)12-20-15-9-13(11-19)3-4-16(15)21(22)23/h3-4,9,14,20H,5-8,10,12H2,1-2H3. The summed E-state index contributed by atoms with van der Waals surface area (Å²) in [6.07, 6.45) is 2.61. The second-order valence-corrected chi connectivity index (χ2v) is 7.48. The molecule has 134 valence electrons. The molecule has 1 unspecified atom stereocenters. The van der Waals surface area contributed by atoms with Gasteiger partial charge in [-0.2, -0.15) is 5.26 Å². The lowest BCUT2D eigenvalue weighted by molar-refractivity contribution is -0.384. The first-order chi connectivity index (χ1) is 11.9. The molecule has 1 aliphatic carbocycles. The van der Waals surface area contributed by atoms with Crippen LogP contribution in [0.5, 0.6) is 0 Å². The first-order valence-electron chi connectivity index (χ1n) is 8.56. The van der Waals surface area contributed by atoms with Gasteiger partial charge in [-0.05, 0) is 29.9 Å². The molecule has 2 fully saturated rings. The minimum absolute atomic E-state index is 0.0179. The van der Waals surface area contributed by atoms with Gasteiger partial charge in [0.2, 0.25) is 0 Å². The number of ether oxygens (including phenoxy) is 2. The van der Waals surface area contributed by atoms with Crippen molar-refractivity contribution in [2.75, 3.05) is 25.1 Å². The van der Waals surface area contributed by atoms with Crippen LogP contribution in [0.25, 0.3) is 0 Å². The van der Waals surface area contributed by atoms with E-state index in [4.69, 9.17) is 14.7 Å². The number of hydrogen-bond acceptors (Lipinski definition) is 6. The molecular formula is C18H23N3O4. The third kappa shape index (κ3) is 3.60. The maximum Gasteiger partial charge on any atom is 0.292 e. The summed E-state index contributed by atoms with van der Waals surface area (Å²) in [6.45, 7) is 6.23. The minimum atomic E-state index is -0.498. The first kappa shape index (κ1) is 17.6. The molecule has 1 aromatic carbocycles. The number of hydrogen-bond donors (Lipinski definition) is 1. The second kappa shape index (κ2) is 6.62. The van der Waals surface area contributed by atoms with Gasteiger partial charge in [-0.1, -0.05) is 13.8 Å². The van der Waals surface area contributed by atoms with Gasteiger partial charge >= 0.3 is 0 Å². The Morgan fingerprint density at radius 1 is 1.36 bits per heavy atom. The summed E-state index contributed by atoms with van der Waals surface area (Å²) in [7, 11) is 0. The molecule has 0 bridgehead atoms. The molecule has 1 atom stereocenters.